The number of amides is 1. The molecule has 0 radical (unpaired) electrons. The molecule has 1 amide bonds. The molecule has 2 fully saturated rings. The molecule has 32 heavy (non-hydrogen) atoms. The van der Waals surface area contributed by atoms with E-state index >= 15 is 0 Å². The van der Waals surface area contributed by atoms with Crippen LogP contribution < -0.4 is 9.47 Å². The number of hydrogen-bond acceptors (Lipinski definition) is 7. The van der Waals surface area contributed by atoms with Gasteiger partial charge in [-0.3, -0.25) is 14.5 Å². The van der Waals surface area contributed by atoms with Gasteiger partial charge in [0.2, 0.25) is 0 Å². The lowest BCUT2D eigenvalue weighted by Gasteiger charge is -2.23. The second-order valence-corrected chi connectivity index (χ2v) is 9.66. The fourth-order valence-corrected chi connectivity index (χ4v) is 5.01. The molecule has 1 saturated carbocycles. The van der Waals surface area contributed by atoms with E-state index in [1.54, 1.807) is 13.2 Å². The van der Waals surface area contributed by atoms with E-state index in [4.69, 9.17) is 26.4 Å². The summed E-state index contributed by atoms with van der Waals surface area (Å²) in [5.41, 5.74) is 0.799. The fourth-order valence-electron chi connectivity index (χ4n) is 3.75. The van der Waals surface area contributed by atoms with Crippen LogP contribution in [-0.4, -0.2) is 47.5 Å². The van der Waals surface area contributed by atoms with Gasteiger partial charge < -0.3 is 14.2 Å². The molecule has 0 N–H and O–H groups in total. The van der Waals surface area contributed by atoms with Gasteiger partial charge in [-0.1, -0.05) is 56.2 Å². The molecule has 2 aliphatic rings. The zero-order chi connectivity index (χ0) is 22.9. The van der Waals surface area contributed by atoms with Crippen LogP contribution in [0.5, 0.6) is 11.5 Å². The molecule has 1 aliphatic heterocycles. The average Bonchev–Trinajstić information content (AvgIpc) is 3.05. The lowest BCUT2D eigenvalue weighted by molar-refractivity contribution is -0.152. The lowest BCUT2D eigenvalue weighted by Crippen LogP contribution is -2.36. The van der Waals surface area contributed by atoms with Crippen LogP contribution >= 0.6 is 24.0 Å². The number of rotatable bonds is 10. The first-order valence-corrected chi connectivity index (χ1v) is 12.5. The molecule has 1 aromatic rings. The van der Waals surface area contributed by atoms with Crippen LogP contribution in [0.1, 0.15) is 63.9 Å². The second kappa shape index (κ2) is 12.3. The molecule has 0 atom stereocenters. The Morgan fingerprint density at radius 2 is 2.00 bits per heavy atom. The summed E-state index contributed by atoms with van der Waals surface area (Å²) in [6.07, 6.45) is 10.1. The van der Waals surface area contributed by atoms with Gasteiger partial charge in [-0.15, -0.1) is 0 Å². The molecular weight excluding hydrogens is 446 g/mol. The Balaban J connectivity index is 1.62. The molecule has 6 nitrogen and oxygen atoms in total. The summed E-state index contributed by atoms with van der Waals surface area (Å²) in [6.45, 7) is 2.64. The molecular formula is C24H31NO5S2. The first kappa shape index (κ1) is 24.6. The van der Waals surface area contributed by atoms with Crippen LogP contribution in [-0.2, 0) is 14.3 Å². The van der Waals surface area contributed by atoms with Gasteiger partial charge in [0, 0.05) is 0 Å². The molecule has 174 valence electrons. The highest BCUT2D eigenvalue weighted by atomic mass is 32.2. The first-order valence-electron chi connectivity index (χ1n) is 11.3. The Bertz CT molecular complexity index is 864. The molecule has 8 heteroatoms. The minimum absolute atomic E-state index is 0.0413. The van der Waals surface area contributed by atoms with E-state index in [9.17, 15) is 9.59 Å². The molecule has 0 aromatic heterocycles. The van der Waals surface area contributed by atoms with Gasteiger partial charge in [0.15, 0.2) is 11.5 Å². The number of methoxy groups -OCH3 is 1. The molecule has 0 bridgehead atoms. The normalized spacial score (nSPS) is 18.3. The molecule has 1 aromatic carbocycles. The van der Waals surface area contributed by atoms with E-state index < -0.39 is 5.97 Å². The average molecular weight is 478 g/mol. The van der Waals surface area contributed by atoms with Crippen molar-refractivity contribution in [3.8, 4) is 11.5 Å². The van der Waals surface area contributed by atoms with Gasteiger partial charge in [-0.25, -0.2) is 0 Å². The van der Waals surface area contributed by atoms with Crippen molar-refractivity contribution in [2.45, 2.75) is 64.4 Å². The number of carbonyl (C=O) groups is 2. The third-order valence-electron chi connectivity index (χ3n) is 5.50. The van der Waals surface area contributed by atoms with Crippen LogP contribution in [0, 0.1) is 0 Å². The van der Waals surface area contributed by atoms with Crippen molar-refractivity contribution >= 4 is 46.3 Å². The molecule has 3 rings (SSSR count). The fraction of sp³-hybridized carbons (Fsp3) is 0.542. The predicted molar refractivity (Wildman–Crippen MR) is 131 cm³/mol. The van der Waals surface area contributed by atoms with Crippen LogP contribution in [0.2, 0.25) is 0 Å². The van der Waals surface area contributed by atoms with Crippen molar-refractivity contribution in [2.24, 2.45) is 0 Å². The summed E-state index contributed by atoms with van der Waals surface area (Å²) in [7, 11) is 1.59. The number of carbonyl (C=O) groups excluding carboxylic acids is 2. The maximum atomic E-state index is 12.9. The van der Waals surface area contributed by atoms with E-state index in [-0.39, 0.29) is 18.6 Å². The summed E-state index contributed by atoms with van der Waals surface area (Å²) in [6, 6.07) is 5.56. The van der Waals surface area contributed by atoms with Gasteiger partial charge in [0.25, 0.3) is 5.91 Å². The molecule has 0 spiro atoms. The number of nitrogens with zero attached hydrogens (tertiary/aromatic N) is 1. The summed E-state index contributed by atoms with van der Waals surface area (Å²) in [4.78, 5) is 27.0. The van der Waals surface area contributed by atoms with Crippen molar-refractivity contribution in [2.75, 3.05) is 20.3 Å². The number of thioether (sulfide) groups is 1. The number of benzene rings is 1. The molecule has 1 heterocycles. The van der Waals surface area contributed by atoms with Crippen LogP contribution in [0.25, 0.3) is 6.08 Å². The number of thiocarbonyl (C=S) groups is 1. The maximum Gasteiger partial charge on any atom is 0.326 e. The number of hydrogen-bond donors (Lipinski definition) is 0. The Morgan fingerprint density at radius 1 is 1.22 bits per heavy atom. The number of esters is 1. The molecule has 1 saturated heterocycles. The van der Waals surface area contributed by atoms with Crippen molar-refractivity contribution in [1.29, 1.82) is 0 Å². The summed E-state index contributed by atoms with van der Waals surface area (Å²) >= 11 is 6.54. The van der Waals surface area contributed by atoms with E-state index in [0.717, 1.165) is 50.5 Å². The third-order valence-corrected chi connectivity index (χ3v) is 6.88. The zero-order valence-electron chi connectivity index (χ0n) is 18.8. The monoisotopic (exact) mass is 477 g/mol. The summed E-state index contributed by atoms with van der Waals surface area (Å²) in [5, 5.41) is 0. The Kier molecular flexibility index (Phi) is 9.41. The van der Waals surface area contributed by atoms with E-state index in [2.05, 4.69) is 6.92 Å². The molecule has 0 unspecified atom stereocenters. The van der Waals surface area contributed by atoms with Gasteiger partial charge in [-0.2, -0.15) is 0 Å². The van der Waals surface area contributed by atoms with Crippen LogP contribution in [0.3, 0.4) is 0 Å². The Morgan fingerprint density at radius 3 is 2.72 bits per heavy atom. The van der Waals surface area contributed by atoms with Gasteiger partial charge in [0.05, 0.1) is 18.6 Å². The van der Waals surface area contributed by atoms with E-state index in [1.165, 1.54) is 23.1 Å². The lowest BCUT2D eigenvalue weighted by atomic mass is 9.98. The number of ether oxygens (including phenoxy) is 3. The third kappa shape index (κ3) is 6.72. The quantitative estimate of drug-likeness (QED) is 0.195. The largest absolute Gasteiger partial charge is 0.493 e. The smallest absolute Gasteiger partial charge is 0.326 e. The van der Waals surface area contributed by atoms with Crippen molar-refractivity contribution < 1.29 is 23.8 Å². The topological polar surface area (TPSA) is 65.1 Å². The highest BCUT2D eigenvalue weighted by molar-refractivity contribution is 8.26. The second-order valence-electron chi connectivity index (χ2n) is 7.98. The first-order chi connectivity index (χ1) is 15.5. The van der Waals surface area contributed by atoms with E-state index in [1.807, 2.05) is 18.2 Å². The van der Waals surface area contributed by atoms with Crippen LogP contribution in [0.4, 0.5) is 0 Å². The maximum absolute atomic E-state index is 12.9. The Labute approximate surface area is 199 Å². The highest BCUT2D eigenvalue weighted by Crippen LogP contribution is 2.35. The highest BCUT2D eigenvalue weighted by Gasteiger charge is 2.34. The van der Waals surface area contributed by atoms with Crippen molar-refractivity contribution in [3.05, 3.63) is 28.7 Å². The molecule has 1 aliphatic carbocycles. The standard InChI is InChI=1S/C24H31NO5S2/c1-3-4-8-13-29-19-12-11-17(14-20(19)28-2)15-21-23(27)25(24(31)32-21)16-22(26)30-18-9-6-5-7-10-18/h11-12,14-15,18H,3-10,13,16H2,1-2H3/b21-15-. The van der Waals surface area contributed by atoms with Gasteiger partial charge >= 0.3 is 5.97 Å². The van der Waals surface area contributed by atoms with E-state index in [0.29, 0.717) is 27.3 Å². The van der Waals surface area contributed by atoms with Crippen molar-refractivity contribution in [3.63, 3.8) is 0 Å². The van der Waals surface area contributed by atoms with Crippen LogP contribution in [0.15, 0.2) is 23.1 Å². The van der Waals surface area contributed by atoms with Gasteiger partial charge in [0.1, 0.15) is 17.0 Å². The minimum atomic E-state index is -0.402. The van der Waals surface area contributed by atoms with Gasteiger partial charge in [-0.05, 0) is 55.9 Å². The minimum Gasteiger partial charge on any atom is -0.493 e. The van der Waals surface area contributed by atoms with Crippen molar-refractivity contribution in [1.82, 2.24) is 4.90 Å². The SMILES string of the molecule is CCCCCOc1ccc(/C=C2\SC(=S)N(CC(=O)OC3CCCCC3)C2=O)cc1OC. The predicted octanol–water partition coefficient (Wildman–Crippen LogP) is 5.34. The zero-order valence-corrected chi connectivity index (χ0v) is 20.4. The summed E-state index contributed by atoms with van der Waals surface area (Å²) in [5.74, 6) is 0.612. The summed E-state index contributed by atoms with van der Waals surface area (Å²) < 4.78 is 17.2. The Hall–Kier alpha value is -2.06. The number of unbranched alkanes of at least 4 members (excludes halogenated alkanes) is 2.